The van der Waals surface area contributed by atoms with E-state index in [1.807, 2.05) is 0 Å². The van der Waals surface area contributed by atoms with Gasteiger partial charge in [-0.3, -0.25) is 9.59 Å². The van der Waals surface area contributed by atoms with E-state index >= 15 is 0 Å². The first kappa shape index (κ1) is 6.82. The van der Waals surface area contributed by atoms with Gasteiger partial charge < -0.3 is 5.32 Å². The predicted octanol–water partition coefficient (Wildman–Crippen LogP) is 0.256. The van der Waals surface area contributed by atoms with Crippen LogP contribution in [-0.4, -0.2) is 21.6 Å². The van der Waals surface area contributed by atoms with Crippen molar-refractivity contribution in [3.63, 3.8) is 0 Å². The van der Waals surface area contributed by atoms with Gasteiger partial charge in [0.05, 0.1) is 6.20 Å². The van der Waals surface area contributed by atoms with E-state index in [1.165, 1.54) is 10.9 Å². The van der Waals surface area contributed by atoms with Gasteiger partial charge in [-0.25, -0.2) is 0 Å². The maximum atomic E-state index is 11.7. The second-order valence-electron chi connectivity index (χ2n) is 3.47. The molecular weight excluding hydrogens is 170 g/mol. The van der Waals surface area contributed by atoms with Crippen LogP contribution >= 0.6 is 0 Å². The van der Waals surface area contributed by atoms with E-state index < -0.39 is 5.41 Å². The number of amides is 1. The molecule has 0 bridgehead atoms. The summed E-state index contributed by atoms with van der Waals surface area (Å²) in [7, 11) is 0. The van der Waals surface area contributed by atoms with Crippen LogP contribution in [0.1, 0.15) is 17.6 Å². The Morgan fingerprint density at radius 3 is 2.92 bits per heavy atom. The molecule has 1 amide bonds. The van der Waals surface area contributed by atoms with Crippen molar-refractivity contribution in [2.45, 2.75) is 12.8 Å². The standard InChI is InChI=1S/C8H7N3O2/c12-6-8(2-3-8)7(13)11-5(10-6)1-4-9-11/h1,4H,2-3H2,(H,10,12). The van der Waals surface area contributed by atoms with Gasteiger partial charge in [0.1, 0.15) is 11.2 Å². The quantitative estimate of drug-likeness (QED) is 0.578. The van der Waals surface area contributed by atoms with Crippen LogP contribution in [0.4, 0.5) is 5.82 Å². The van der Waals surface area contributed by atoms with Gasteiger partial charge >= 0.3 is 0 Å². The molecule has 0 radical (unpaired) electrons. The molecule has 0 saturated heterocycles. The molecule has 5 nitrogen and oxygen atoms in total. The molecule has 0 unspecified atom stereocenters. The molecule has 0 atom stereocenters. The molecule has 1 N–H and O–H groups in total. The van der Waals surface area contributed by atoms with Crippen LogP contribution in [0.15, 0.2) is 12.3 Å². The number of nitrogens with one attached hydrogen (secondary N) is 1. The Hall–Kier alpha value is -1.65. The Bertz CT molecular complexity index is 417. The second kappa shape index (κ2) is 1.81. The van der Waals surface area contributed by atoms with Gasteiger partial charge in [-0.05, 0) is 12.8 Å². The van der Waals surface area contributed by atoms with Gasteiger partial charge in [0.2, 0.25) is 5.91 Å². The summed E-state index contributed by atoms with van der Waals surface area (Å²) >= 11 is 0. The summed E-state index contributed by atoms with van der Waals surface area (Å²) in [5.41, 5.74) is -0.779. The fraction of sp³-hybridized carbons (Fsp3) is 0.375. The van der Waals surface area contributed by atoms with Crippen LogP contribution in [0.2, 0.25) is 0 Å². The smallest absolute Gasteiger partial charge is 0.264 e. The van der Waals surface area contributed by atoms with E-state index in [1.54, 1.807) is 6.07 Å². The molecule has 0 aromatic carbocycles. The topological polar surface area (TPSA) is 64.0 Å². The van der Waals surface area contributed by atoms with E-state index in [0.29, 0.717) is 18.7 Å². The van der Waals surface area contributed by atoms with Gasteiger partial charge in [0.15, 0.2) is 0 Å². The van der Waals surface area contributed by atoms with Gasteiger partial charge in [0.25, 0.3) is 5.91 Å². The monoisotopic (exact) mass is 177 g/mol. The van der Waals surface area contributed by atoms with Crippen molar-refractivity contribution in [1.29, 1.82) is 0 Å². The molecule has 2 aliphatic rings. The zero-order chi connectivity index (χ0) is 9.05. The number of hydrogen-bond acceptors (Lipinski definition) is 3. The first-order valence-electron chi connectivity index (χ1n) is 4.14. The summed E-state index contributed by atoms with van der Waals surface area (Å²) in [6, 6.07) is 1.62. The first-order chi connectivity index (χ1) is 6.24. The zero-order valence-electron chi connectivity index (χ0n) is 6.78. The third kappa shape index (κ3) is 0.649. The Morgan fingerprint density at radius 1 is 1.46 bits per heavy atom. The minimum Gasteiger partial charge on any atom is -0.310 e. The van der Waals surface area contributed by atoms with Crippen LogP contribution in [0, 0.1) is 5.41 Å². The van der Waals surface area contributed by atoms with E-state index in [0.717, 1.165) is 0 Å². The molecule has 1 aliphatic carbocycles. The number of carbonyl (C=O) groups excluding carboxylic acids is 2. The third-order valence-electron chi connectivity index (χ3n) is 2.67. The Kier molecular flexibility index (Phi) is 0.951. The lowest BCUT2D eigenvalue weighted by molar-refractivity contribution is -0.120. The number of rotatable bonds is 0. The summed E-state index contributed by atoms with van der Waals surface area (Å²) in [4.78, 5) is 23.2. The van der Waals surface area contributed by atoms with Crippen molar-refractivity contribution in [3.05, 3.63) is 12.3 Å². The van der Waals surface area contributed by atoms with Crippen LogP contribution in [-0.2, 0) is 4.79 Å². The molecule has 1 fully saturated rings. The lowest BCUT2D eigenvalue weighted by atomic mass is 10.0. The highest BCUT2D eigenvalue weighted by Crippen LogP contribution is 2.49. The molecule has 1 spiro atoms. The minimum atomic E-state index is -0.779. The number of aromatic nitrogens is 2. The Balaban J connectivity index is 2.20. The van der Waals surface area contributed by atoms with E-state index in [4.69, 9.17) is 0 Å². The lowest BCUT2D eigenvalue weighted by Crippen LogP contribution is -2.41. The van der Waals surface area contributed by atoms with Crippen LogP contribution in [0.5, 0.6) is 0 Å². The van der Waals surface area contributed by atoms with Crippen molar-refractivity contribution < 1.29 is 9.59 Å². The van der Waals surface area contributed by atoms with Gasteiger partial charge in [-0.15, -0.1) is 0 Å². The van der Waals surface area contributed by atoms with Crippen molar-refractivity contribution in [3.8, 4) is 0 Å². The number of fused-ring (bicyclic) bond motifs is 1. The summed E-state index contributed by atoms with van der Waals surface area (Å²) in [6.07, 6.45) is 2.81. The summed E-state index contributed by atoms with van der Waals surface area (Å²) in [5, 5.41) is 6.52. The molecule has 1 saturated carbocycles. The summed E-state index contributed by atoms with van der Waals surface area (Å²) in [6.45, 7) is 0. The maximum Gasteiger partial charge on any atom is 0.264 e. The Labute approximate surface area is 73.7 Å². The molecule has 13 heavy (non-hydrogen) atoms. The average Bonchev–Trinajstić information content (AvgIpc) is 2.78. The molecular formula is C8H7N3O2. The van der Waals surface area contributed by atoms with Crippen molar-refractivity contribution in [2.75, 3.05) is 5.32 Å². The molecule has 1 aromatic rings. The normalized spacial score (nSPS) is 22.8. The van der Waals surface area contributed by atoms with Crippen LogP contribution in [0.25, 0.3) is 0 Å². The highest BCUT2D eigenvalue weighted by Gasteiger charge is 2.59. The van der Waals surface area contributed by atoms with Crippen LogP contribution in [0.3, 0.4) is 0 Å². The van der Waals surface area contributed by atoms with E-state index in [2.05, 4.69) is 10.4 Å². The average molecular weight is 177 g/mol. The zero-order valence-corrected chi connectivity index (χ0v) is 6.78. The number of anilines is 1. The number of nitrogens with zero attached hydrogens (tertiary/aromatic N) is 2. The highest BCUT2D eigenvalue weighted by atomic mass is 16.2. The predicted molar refractivity (Wildman–Crippen MR) is 43.2 cm³/mol. The molecule has 66 valence electrons. The molecule has 1 aliphatic heterocycles. The lowest BCUT2D eigenvalue weighted by Gasteiger charge is -2.20. The van der Waals surface area contributed by atoms with Gasteiger partial charge in [-0.1, -0.05) is 0 Å². The largest absolute Gasteiger partial charge is 0.310 e. The highest BCUT2D eigenvalue weighted by molar-refractivity contribution is 6.17. The summed E-state index contributed by atoms with van der Waals surface area (Å²) < 4.78 is 1.27. The van der Waals surface area contributed by atoms with Crippen molar-refractivity contribution in [1.82, 2.24) is 9.78 Å². The van der Waals surface area contributed by atoms with Crippen molar-refractivity contribution in [2.24, 2.45) is 5.41 Å². The molecule has 1 aromatic heterocycles. The van der Waals surface area contributed by atoms with Crippen LogP contribution < -0.4 is 5.32 Å². The number of carbonyl (C=O) groups is 2. The number of hydrogen-bond donors (Lipinski definition) is 1. The first-order valence-corrected chi connectivity index (χ1v) is 4.14. The molecule has 2 heterocycles. The Morgan fingerprint density at radius 2 is 2.23 bits per heavy atom. The van der Waals surface area contributed by atoms with E-state index in [-0.39, 0.29) is 11.8 Å². The van der Waals surface area contributed by atoms with Gasteiger partial charge in [0, 0.05) is 6.07 Å². The SMILES string of the molecule is O=C1Nc2ccnn2C(=O)C12CC2. The second-order valence-corrected chi connectivity index (χ2v) is 3.47. The minimum absolute atomic E-state index is 0.175. The molecule has 5 heteroatoms. The summed E-state index contributed by atoms with van der Waals surface area (Å²) in [5.74, 6) is 0.120. The third-order valence-corrected chi connectivity index (χ3v) is 2.67. The van der Waals surface area contributed by atoms with Crippen molar-refractivity contribution >= 4 is 17.6 Å². The molecule has 3 rings (SSSR count). The fourth-order valence-corrected chi connectivity index (χ4v) is 1.66. The fourth-order valence-electron chi connectivity index (χ4n) is 1.66. The van der Waals surface area contributed by atoms with E-state index in [9.17, 15) is 9.59 Å². The van der Waals surface area contributed by atoms with Gasteiger partial charge in [-0.2, -0.15) is 9.78 Å². The maximum absolute atomic E-state index is 11.7.